The topological polar surface area (TPSA) is 35.0 Å². The van der Waals surface area contributed by atoms with E-state index in [0.29, 0.717) is 0 Å². The van der Waals surface area contributed by atoms with Crippen LogP contribution in [0.2, 0.25) is 0 Å². The van der Waals surface area contributed by atoms with Crippen LogP contribution in [0.5, 0.6) is 5.88 Å². The zero-order valence-electron chi connectivity index (χ0n) is 8.30. The van der Waals surface area contributed by atoms with E-state index in [1.165, 1.54) is 6.07 Å². The van der Waals surface area contributed by atoms with Crippen molar-refractivity contribution in [3.63, 3.8) is 0 Å². The summed E-state index contributed by atoms with van der Waals surface area (Å²) in [6.07, 6.45) is 0. The SMILES string of the molecule is CCOc1nc2ccc(F)c(F)c2nc1F. The Morgan fingerprint density at radius 3 is 2.62 bits per heavy atom. The van der Waals surface area contributed by atoms with Gasteiger partial charge in [-0.15, -0.1) is 0 Å². The fourth-order valence-electron chi connectivity index (χ4n) is 1.26. The Hall–Kier alpha value is -1.85. The lowest BCUT2D eigenvalue weighted by molar-refractivity contribution is 0.303. The molecular weight excluding hydrogens is 221 g/mol. The minimum atomic E-state index is -1.22. The fourth-order valence-corrected chi connectivity index (χ4v) is 1.26. The predicted octanol–water partition coefficient (Wildman–Crippen LogP) is 2.45. The van der Waals surface area contributed by atoms with Crippen molar-refractivity contribution < 1.29 is 17.9 Å². The summed E-state index contributed by atoms with van der Waals surface area (Å²) in [6.45, 7) is 1.86. The molecule has 0 bridgehead atoms. The molecule has 1 heterocycles. The van der Waals surface area contributed by atoms with Gasteiger partial charge in [0.2, 0.25) is 0 Å². The van der Waals surface area contributed by atoms with Crippen LogP contribution in [-0.2, 0) is 0 Å². The molecular formula is C10H7F3N2O. The average molecular weight is 228 g/mol. The van der Waals surface area contributed by atoms with Crippen molar-refractivity contribution in [2.75, 3.05) is 6.61 Å². The molecule has 0 spiro atoms. The molecule has 0 fully saturated rings. The summed E-state index contributed by atoms with van der Waals surface area (Å²) in [5.41, 5.74) is -0.398. The Morgan fingerprint density at radius 1 is 1.19 bits per heavy atom. The lowest BCUT2D eigenvalue weighted by Crippen LogP contribution is -2.02. The van der Waals surface area contributed by atoms with Crippen LogP contribution in [0.1, 0.15) is 6.92 Å². The number of nitrogens with zero attached hydrogens (tertiary/aromatic N) is 2. The number of ether oxygens (including phenoxy) is 1. The van der Waals surface area contributed by atoms with E-state index < -0.39 is 23.1 Å². The van der Waals surface area contributed by atoms with Crippen LogP contribution in [0.3, 0.4) is 0 Å². The van der Waals surface area contributed by atoms with E-state index in [0.717, 1.165) is 6.07 Å². The first-order chi connectivity index (χ1) is 7.63. The molecule has 0 unspecified atom stereocenters. The highest BCUT2D eigenvalue weighted by Crippen LogP contribution is 2.21. The molecule has 0 saturated carbocycles. The van der Waals surface area contributed by atoms with Gasteiger partial charge in [0.05, 0.1) is 12.1 Å². The van der Waals surface area contributed by atoms with Crippen molar-refractivity contribution in [2.45, 2.75) is 6.92 Å². The second kappa shape index (κ2) is 3.96. The monoisotopic (exact) mass is 228 g/mol. The number of hydrogen-bond acceptors (Lipinski definition) is 3. The van der Waals surface area contributed by atoms with Crippen LogP contribution in [0.25, 0.3) is 11.0 Å². The van der Waals surface area contributed by atoms with Crippen LogP contribution in [-0.4, -0.2) is 16.6 Å². The van der Waals surface area contributed by atoms with Gasteiger partial charge in [-0.3, -0.25) is 0 Å². The summed E-state index contributed by atoms with van der Waals surface area (Å²) in [4.78, 5) is 6.99. The van der Waals surface area contributed by atoms with Crippen LogP contribution in [0.15, 0.2) is 12.1 Å². The second-order valence-electron chi connectivity index (χ2n) is 2.98. The molecule has 1 aromatic carbocycles. The molecule has 6 heteroatoms. The van der Waals surface area contributed by atoms with Crippen molar-refractivity contribution in [1.82, 2.24) is 9.97 Å². The van der Waals surface area contributed by atoms with Gasteiger partial charge in [0.15, 0.2) is 11.6 Å². The smallest absolute Gasteiger partial charge is 0.276 e. The van der Waals surface area contributed by atoms with Crippen molar-refractivity contribution in [2.24, 2.45) is 0 Å². The molecule has 2 aromatic rings. The van der Waals surface area contributed by atoms with E-state index in [9.17, 15) is 13.2 Å². The van der Waals surface area contributed by atoms with E-state index in [-0.39, 0.29) is 18.0 Å². The number of aromatic nitrogens is 2. The highest BCUT2D eigenvalue weighted by atomic mass is 19.2. The summed E-state index contributed by atoms with van der Waals surface area (Å²) in [7, 11) is 0. The molecule has 16 heavy (non-hydrogen) atoms. The normalized spacial score (nSPS) is 10.8. The Balaban J connectivity index is 2.69. The first kappa shape index (κ1) is 10.7. The molecule has 0 N–H and O–H groups in total. The molecule has 84 valence electrons. The highest BCUT2D eigenvalue weighted by Gasteiger charge is 2.14. The Bertz CT molecular complexity index is 545. The van der Waals surface area contributed by atoms with Gasteiger partial charge in [-0.2, -0.15) is 4.39 Å². The Labute approximate surface area is 88.9 Å². The van der Waals surface area contributed by atoms with Crippen LogP contribution in [0.4, 0.5) is 13.2 Å². The first-order valence-electron chi connectivity index (χ1n) is 4.57. The third-order valence-corrected chi connectivity index (χ3v) is 1.94. The first-order valence-corrected chi connectivity index (χ1v) is 4.57. The summed E-state index contributed by atoms with van der Waals surface area (Å²) >= 11 is 0. The zero-order chi connectivity index (χ0) is 11.7. The summed E-state index contributed by atoms with van der Waals surface area (Å²) in [6, 6.07) is 2.11. The maximum Gasteiger partial charge on any atom is 0.276 e. The Morgan fingerprint density at radius 2 is 1.94 bits per heavy atom. The van der Waals surface area contributed by atoms with E-state index >= 15 is 0 Å². The van der Waals surface area contributed by atoms with Crippen molar-refractivity contribution in [3.8, 4) is 5.88 Å². The maximum atomic E-state index is 13.2. The van der Waals surface area contributed by atoms with Crippen LogP contribution >= 0.6 is 0 Å². The zero-order valence-corrected chi connectivity index (χ0v) is 8.30. The molecule has 0 radical (unpaired) electrons. The predicted molar refractivity (Wildman–Crippen MR) is 50.6 cm³/mol. The third-order valence-electron chi connectivity index (χ3n) is 1.94. The molecule has 0 amide bonds. The Kier molecular flexibility index (Phi) is 2.64. The number of hydrogen-bond donors (Lipinski definition) is 0. The number of halogens is 3. The molecule has 2 rings (SSSR count). The lowest BCUT2D eigenvalue weighted by atomic mass is 10.3. The number of rotatable bonds is 2. The molecule has 0 atom stereocenters. The van der Waals surface area contributed by atoms with Crippen molar-refractivity contribution in [3.05, 3.63) is 29.7 Å². The minimum absolute atomic E-state index is 0.0451. The van der Waals surface area contributed by atoms with E-state index in [2.05, 4.69) is 9.97 Å². The number of benzene rings is 1. The van der Waals surface area contributed by atoms with Crippen LogP contribution in [0, 0.1) is 17.6 Å². The van der Waals surface area contributed by atoms with Crippen LogP contribution < -0.4 is 4.74 Å². The maximum absolute atomic E-state index is 13.2. The van der Waals surface area contributed by atoms with Gasteiger partial charge < -0.3 is 4.74 Å². The van der Waals surface area contributed by atoms with E-state index in [4.69, 9.17) is 4.74 Å². The number of fused-ring (bicyclic) bond motifs is 1. The van der Waals surface area contributed by atoms with Gasteiger partial charge in [0.25, 0.3) is 11.8 Å². The largest absolute Gasteiger partial charge is 0.475 e. The van der Waals surface area contributed by atoms with Crippen molar-refractivity contribution in [1.29, 1.82) is 0 Å². The summed E-state index contributed by atoms with van der Waals surface area (Å²) in [5.74, 6) is -3.68. The van der Waals surface area contributed by atoms with E-state index in [1.54, 1.807) is 6.92 Å². The fraction of sp³-hybridized carbons (Fsp3) is 0.200. The molecule has 0 aliphatic heterocycles. The third kappa shape index (κ3) is 1.66. The molecule has 3 nitrogen and oxygen atoms in total. The van der Waals surface area contributed by atoms with Gasteiger partial charge >= 0.3 is 0 Å². The summed E-state index contributed by atoms with van der Waals surface area (Å²) in [5, 5.41) is 0. The van der Waals surface area contributed by atoms with Gasteiger partial charge in [0.1, 0.15) is 5.52 Å². The van der Waals surface area contributed by atoms with Gasteiger partial charge in [0, 0.05) is 0 Å². The second-order valence-corrected chi connectivity index (χ2v) is 2.98. The minimum Gasteiger partial charge on any atom is -0.475 e. The molecule has 1 aromatic heterocycles. The molecule has 0 aliphatic rings. The van der Waals surface area contributed by atoms with E-state index in [1.807, 2.05) is 0 Å². The quantitative estimate of drug-likeness (QED) is 0.791. The lowest BCUT2D eigenvalue weighted by Gasteiger charge is -2.05. The molecule has 0 aliphatic carbocycles. The van der Waals surface area contributed by atoms with Gasteiger partial charge in [-0.05, 0) is 19.1 Å². The molecule has 0 saturated heterocycles. The average Bonchev–Trinajstić information content (AvgIpc) is 2.26. The summed E-state index contributed by atoms with van der Waals surface area (Å²) < 4.78 is 44.1. The van der Waals surface area contributed by atoms with Gasteiger partial charge in [-0.25, -0.2) is 18.7 Å². The standard InChI is InChI=1S/C10H7F3N2O/c1-2-16-10-9(13)15-8-6(14-10)4-3-5(11)7(8)12/h3-4H,2H2,1H3. The highest BCUT2D eigenvalue weighted by molar-refractivity contribution is 5.75. The van der Waals surface area contributed by atoms with Crippen molar-refractivity contribution >= 4 is 11.0 Å². The van der Waals surface area contributed by atoms with Gasteiger partial charge in [-0.1, -0.05) is 0 Å².